The molecule has 6 heteroatoms. The first kappa shape index (κ1) is 15.8. The number of amides is 1. The number of nitrogens with one attached hydrogen (secondary N) is 2. The molecular formula is C16H16N2O3S. The molecule has 0 unspecified atom stereocenters. The zero-order valence-electron chi connectivity index (χ0n) is 12.0. The Labute approximate surface area is 134 Å². The van der Waals surface area contributed by atoms with Crippen molar-refractivity contribution >= 4 is 28.9 Å². The van der Waals surface area contributed by atoms with E-state index in [-0.39, 0.29) is 17.6 Å². The lowest BCUT2D eigenvalue weighted by atomic mass is 10.3. The number of rotatable bonds is 5. The van der Waals surface area contributed by atoms with Crippen molar-refractivity contribution in [3.05, 3.63) is 54.6 Å². The van der Waals surface area contributed by atoms with Gasteiger partial charge in [-0.25, -0.2) is 0 Å². The van der Waals surface area contributed by atoms with E-state index in [1.54, 1.807) is 43.5 Å². The first-order valence-electron chi connectivity index (χ1n) is 6.60. The van der Waals surface area contributed by atoms with Gasteiger partial charge in [0.15, 0.2) is 11.7 Å². The van der Waals surface area contributed by atoms with Gasteiger partial charge in [-0.2, -0.15) is 0 Å². The molecule has 0 spiro atoms. The molecule has 1 amide bonds. The largest absolute Gasteiger partial charge is 0.497 e. The van der Waals surface area contributed by atoms with Gasteiger partial charge in [-0.05, 0) is 48.6 Å². The molecule has 2 rings (SSSR count). The molecule has 0 aliphatic heterocycles. The summed E-state index contributed by atoms with van der Waals surface area (Å²) in [5, 5.41) is 5.68. The number of hydrogen-bond donors (Lipinski definition) is 2. The second kappa shape index (κ2) is 7.99. The summed E-state index contributed by atoms with van der Waals surface area (Å²) < 4.78 is 10.4. The molecular weight excluding hydrogens is 300 g/mol. The average Bonchev–Trinajstić information content (AvgIpc) is 2.54. The minimum Gasteiger partial charge on any atom is -0.497 e. The first-order valence-corrected chi connectivity index (χ1v) is 7.01. The summed E-state index contributed by atoms with van der Waals surface area (Å²) in [5.41, 5.74) is 0.759. The highest BCUT2D eigenvalue weighted by Gasteiger charge is 2.06. The third-order valence-electron chi connectivity index (χ3n) is 2.71. The van der Waals surface area contributed by atoms with Crippen molar-refractivity contribution in [3.8, 4) is 11.5 Å². The van der Waals surface area contributed by atoms with Crippen LogP contribution in [0.2, 0.25) is 0 Å². The summed E-state index contributed by atoms with van der Waals surface area (Å²) in [5.74, 6) is 1.05. The van der Waals surface area contributed by atoms with Crippen molar-refractivity contribution < 1.29 is 14.3 Å². The van der Waals surface area contributed by atoms with Gasteiger partial charge < -0.3 is 14.8 Å². The van der Waals surface area contributed by atoms with Crippen molar-refractivity contribution in [1.29, 1.82) is 0 Å². The first-order chi connectivity index (χ1) is 10.7. The van der Waals surface area contributed by atoms with Crippen LogP contribution in [0.15, 0.2) is 54.6 Å². The second-order valence-electron chi connectivity index (χ2n) is 4.33. The highest BCUT2D eigenvalue weighted by molar-refractivity contribution is 7.80. The predicted octanol–water partition coefficient (Wildman–Crippen LogP) is 2.59. The summed E-state index contributed by atoms with van der Waals surface area (Å²) in [4.78, 5) is 11.7. The Kier molecular flexibility index (Phi) is 5.73. The summed E-state index contributed by atoms with van der Waals surface area (Å²) in [7, 11) is 1.60. The Bertz CT molecular complexity index is 630. The highest BCUT2D eigenvalue weighted by Crippen LogP contribution is 2.14. The van der Waals surface area contributed by atoms with E-state index in [4.69, 9.17) is 21.7 Å². The molecule has 0 aliphatic carbocycles. The Morgan fingerprint density at radius 2 is 1.73 bits per heavy atom. The lowest BCUT2D eigenvalue weighted by Crippen LogP contribution is -2.37. The number of ether oxygens (including phenoxy) is 2. The smallest absolute Gasteiger partial charge is 0.264 e. The minimum atomic E-state index is -0.324. The molecule has 5 nitrogen and oxygen atoms in total. The number of para-hydroxylation sites is 1. The Morgan fingerprint density at radius 3 is 2.36 bits per heavy atom. The van der Waals surface area contributed by atoms with Crippen LogP contribution in [-0.4, -0.2) is 24.7 Å². The molecule has 0 aromatic heterocycles. The van der Waals surface area contributed by atoms with E-state index < -0.39 is 0 Å². The van der Waals surface area contributed by atoms with Crippen molar-refractivity contribution in [3.63, 3.8) is 0 Å². The number of carbonyl (C=O) groups is 1. The maximum absolute atomic E-state index is 11.7. The van der Waals surface area contributed by atoms with E-state index in [1.165, 1.54) is 0 Å². The van der Waals surface area contributed by atoms with E-state index in [0.717, 1.165) is 11.4 Å². The Hall–Kier alpha value is -2.60. The van der Waals surface area contributed by atoms with Gasteiger partial charge in [0.25, 0.3) is 5.91 Å². The number of benzene rings is 2. The molecule has 2 N–H and O–H groups in total. The lowest BCUT2D eigenvalue weighted by molar-refractivity contribution is -0.121. The van der Waals surface area contributed by atoms with Gasteiger partial charge in [-0.1, -0.05) is 18.2 Å². The minimum absolute atomic E-state index is 0.103. The molecule has 0 radical (unpaired) electrons. The SMILES string of the molecule is COc1ccc(NC(=S)NC(=O)COc2ccccc2)cc1. The Morgan fingerprint density at radius 1 is 1.05 bits per heavy atom. The second-order valence-corrected chi connectivity index (χ2v) is 4.74. The maximum Gasteiger partial charge on any atom is 0.264 e. The van der Waals surface area contributed by atoms with Crippen molar-refractivity contribution in [1.82, 2.24) is 5.32 Å². The number of carbonyl (C=O) groups excluding carboxylic acids is 1. The molecule has 0 atom stereocenters. The van der Waals surface area contributed by atoms with E-state index in [1.807, 2.05) is 18.2 Å². The van der Waals surface area contributed by atoms with Crippen LogP contribution in [-0.2, 0) is 4.79 Å². The molecule has 2 aromatic carbocycles. The van der Waals surface area contributed by atoms with Gasteiger partial charge in [0.2, 0.25) is 0 Å². The predicted molar refractivity (Wildman–Crippen MR) is 89.3 cm³/mol. The number of anilines is 1. The van der Waals surface area contributed by atoms with Gasteiger partial charge in [-0.15, -0.1) is 0 Å². The van der Waals surface area contributed by atoms with E-state index >= 15 is 0 Å². The molecule has 0 saturated heterocycles. The fourth-order valence-corrected chi connectivity index (χ4v) is 1.90. The van der Waals surface area contributed by atoms with Gasteiger partial charge in [0.05, 0.1) is 7.11 Å². The number of thiocarbonyl (C=S) groups is 1. The summed E-state index contributed by atoms with van der Waals surface area (Å²) >= 11 is 5.07. The molecule has 2 aromatic rings. The van der Waals surface area contributed by atoms with Crippen molar-refractivity contribution in [2.24, 2.45) is 0 Å². The molecule has 22 heavy (non-hydrogen) atoms. The summed E-state index contributed by atoms with van der Waals surface area (Å²) in [6.45, 7) is -0.103. The van der Waals surface area contributed by atoms with Crippen LogP contribution < -0.4 is 20.1 Å². The van der Waals surface area contributed by atoms with Crippen LogP contribution in [0.3, 0.4) is 0 Å². The van der Waals surface area contributed by atoms with Crippen LogP contribution in [0, 0.1) is 0 Å². The van der Waals surface area contributed by atoms with Crippen LogP contribution in [0.1, 0.15) is 0 Å². The van der Waals surface area contributed by atoms with Crippen LogP contribution >= 0.6 is 12.2 Å². The van der Waals surface area contributed by atoms with Crippen LogP contribution in [0.4, 0.5) is 5.69 Å². The number of hydrogen-bond acceptors (Lipinski definition) is 4. The highest BCUT2D eigenvalue weighted by atomic mass is 32.1. The zero-order chi connectivity index (χ0) is 15.8. The van der Waals surface area contributed by atoms with Gasteiger partial charge in [0, 0.05) is 5.69 Å². The van der Waals surface area contributed by atoms with Crippen LogP contribution in [0.25, 0.3) is 0 Å². The van der Waals surface area contributed by atoms with Gasteiger partial charge in [0.1, 0.15) is 11.5 Å². The maximum atomic E-state index is 11.7. The van der Waals surface area contributed by atoms with Crippen molar-refractivity contribution in [2.45, 2.75) is 0 Å². The fraction of sp³-hybridized carbons (Fsp3) is 0.125. The van der Waals surface area contributed by atoms with Crippen molar-refractivity contribution in [2.75, 3.05) is 19.0 Å². The monoisotopic (exact) mass is 316 g/mol. The summed E-state index contributed by atoms with van der Waals surface area (Å²) in [6, 6.07) is 16.3. The molecule has 0 heterocycles. The van der Waals surface area contributed by atoms with Crippen LogP contribution in [0.5, 0.6) is 11.5 Å². The standard InChI is InChI=1S/C16H16N2O3S/c1-20-13-9-7-12(8-10-13)17-16(22)18-15(19)11-21-14-5-3-2-4-6-14/h2-10H,11H2,1H3,(H2,17,18,19,22). The molecule has 0 saturated carbocycles. The lowest BCUT2D eigenvalue weighted by Gasteiger charge is -2.10. The average molecular weight is 316 g/mol. The van der Waals surface area contributed by atoms with E-state index in [9.17, 15) is 4.79 Å². The van der Waals surface area contributed by atoms with E-state index in [0.29, 0.717) is 5.75 Å². The molecule has 0 bridgehead atoms. The molecule has 0 aliphatic rings. The zero-order valence-corrected chi connectivity index (χ0v) is 12.9. The van der Waals surface area contributed by atoms with Gasteiger partial charge in [-0.3, -0.25) is 10.1 Å². The fourth-order valence-electron chi connectivity index (χ4n) is 1.67. The molecule has 0 fully saturated rings. The Balaban J connectivity index is 1.77. The summed E-state index contributed by atoms with van der Waals surface area (Å²) in [6.07, 6.45) is 0. The normalized spacial score (nSPS) is 9.68. The van der Waals surface area contributed by atoms with Gasteiger partial charge >= 0.3 is 0 Å². The molecule has 114 valence electrons. The topological polar surface area (TPSA) is 59.6 Å². The third kappa shape index (κ3) is 5.06. The van der Waals surface area contributed by atoms with E-state index in [2.05, 4.69) is 10.6 Å². The quantitative estimate of drug-likeness (QED) is 0.830. The number of methoxy groups -OCH3 is 1. The third-order valence-corrected chi connectivity index (χ3v) is 2.92.